The quantitative estimate of drug-likeness (QED) is 0.495. The van der Waals surface area contributed by atoms with Crippen LogP contribution >= 0.6 is 0 Å². The molecule has 1 aromatic carbocycles. The number of carbonyl (C=O) groups is 1. The lowest BCUT2D eigenvalue weighted by Crippen LogP contribution is -2.21. The number of hydrogen-bond donors (Lipinski definition) is 1. The Morgan fingerprint density at radius 3 is 2.83 bits per heavy atom. The van der Waals surface area contributed by atoms with Gasteiger partial charge in [-0.25, -0.2) is 4.98 Å². The molecular formula is C20H29N3O. The number of unbranched alkanes of at least 4 members (excludes halogenated alkanes) is 4. The number of amides is 1. The zero-order chi connectivity index (χ0) is 17.2. The minimum absolute atomic E-state index is 0.0901. The molecule has 0 spiro atoms. The van der Waals surface area contributed by atoms with Gasteiger partial charge in [-0.2, -0.15) is 0 Å². The van der Waals surface area contributed by atoms with Gasteiger partial charge in [0.1, 0.15) is 5.82 Å². The van der Waals surface area contributed by atoms with Crippen LogP contribution < -0.4 is 5.32 Å². The summed E-state index contributed by atoms with van der Waals surface area (Å²) in [6, 6.07) is 8.41. The second-order valence-corrected chi connectivity index (χ2v) is 6.18. The predicted molar refractivity (Wildman–Crippen MR) is 100 cm³/mol. The maximum atomic E-state index is 11.1. The number of nitrogens with zero attached hydrogens (tertiary/aromatic N) is 2. The number of aryl methyl sites for hydroxylation is 2. The highest BCUT2D eigenvalue weighted by Crippen LogP contribution is 2.19. The van der Waals surface area contributed by atoms with Gasteiger partial charge in [0.2, 0.25) is 5.91 Å². The Labute approximate surface area is 145 Å². The third-order valence-electron chi connectivity index (χ3n) is 4.28. The lowest BCUT2D eigenvalue weighted by Gasteiger charge is -2.09. The third kappa shape index (κ3) is 5.22. The number of para-hydroxylation sites is 2. The Bertz CT molecular complexity index is 660. The number of aromatic nitrogens is 2. The molecule has 1 amide bonds. The van der Waals surface area contributed by atoms with E-state index in [0.29, 0.717) is 0 Å². The fourth-order valence-electron chi connectivity index (χ4n) is 2.95. The molecular weight excluding hydrogens is 298 g/mol. The first kappa shape index (κ1) is 18.2. The van der Waals surface area contributed by atoms with E-state index in [1.807, 2.05) is 0 Å². The number of carbonyl (C=O) groups excluding carboxylic acids is 1. The molecule has 0 bridgehead atoms. The molecule has 2 aromatic rings. The second-order valence-electron chi connectivity index (χ2n) is 6.18. The van der Waals surface area contributed by atoms with Crippen LogP contribution in [0.15, 0.2) is 36.9 Å². The van der Waals surface area contributed by atoms with Crippen LogP contribution in [0.5, 0.6) is 0 Å². The number of rotatable bonds is 11. The van der Waals surface area contributed by atoms with Crippen molar-refractivity contribution in [2.24, 2.45) is 0 Å². The Hall–Kier alpha value is -2.10. The largest absolute Gasteiger partial charge is 0.353 e. The van der Waals surface area contributed by atoms with Gasteiger partial charge >= 0.3 is 0 Å². The summed E-state index contributed by atoms with van der Waals surface area (Å²) in [5, 5.41) is 2.82. The van der Waals surface area contributed by atoms with Gasteiger partial charge in [0, 0.05) is 19.5 Å². The predicted octanol–water partition coefficient (Wildman–Crippen LogP) is 4.24. The molecule has 0 aliphatic rings. The zero-order valence-corrected chi connectivity index (χ0v) is 14.8. The Balaban J connectivity index is 1.89. The SMILES string of the molecule is C=CC(=O)NCCCCCc1nc2ccccc2n1CCCCC. The summed E-state index contributed by atoms with van der Waals surface area (Å²) in [5.41, 5.74) is 2.35. The summed E-state index contributed by atoms with van der Waals surface area (Å²) in [5.74, 6) is 1.11. The molecule has 1 aromatic heterocycles. The van der Waals surface area contributed by atoms with Gasteiger partial charge in [0.25, 0.3) is 0 Å². The van der Waals surface area contributed by atoms with Crippen molar-refractivity contribution < 1.29 is 4.79 Å². The van der Waals surface area contributed by atoms with Gasteiger partial charge in [-0.15, -0.1) is 0 Å². The van der Waals surface area contributed by atoms with Crippen LogP contribution in [0.4, 0.5) is 0 Å². The van der Waals surface area contributed by atoms with Crippen LogP contribution in [0.3, 0.4) is 0 Å². The molecule has 2 rings (SSSR count). The summed E-state index contributed by atoms with van der Waals surface area (Å²) in [6.07, 6.45) is 9.20. The van der Waals surface area contributed by atoms with Crippen molar-refractivity contribution >= 4 is 16.9 Å². The maximum absolute atomic E-state index is 11.1. The van der Waals surface area contributed by atoms with Gasteiger partial charge in [-0.1, -0.05) is 44.9 Å². The molecule has 0 aliphatic heterocycles. The van der Waals surface area contributed by atoms with E-state index < -0.39 is 0 Å². The van der Waals surface area contributed by atoms with Crippen molar-refractivity contribution in [1.29, 1.82) is 0 Å². The topological polar surface area (TPSA) is 46.9 Å². The van der Waals surface area contributed by atoms with E-state index in [0.717, 1.165) is 44.3 Å². The average molecular weight is 327 g/mol. The van der Waals surface area contributed by atoms with E-state index in [1.165, 1.54) is 36.7 Å². The number of hydrogen-bond acceptors (Lipinski definition) is 2. The Morgan fingerprint density at radius 2 is 2.04 bits per heavy atom. The average Bonchev–Trinajstić information content (AvgIpc) is 2.95. The summed E-state index contributed by atoms with van der Waals surface area (Å²) < 4.78 is 2.39. The third-order valence-corrected chi connectivity index (χ3v) is 4.28. The van der Waals surface area contributed by atoms with Crippen molar-refractivity contribution in [3.8, 4) is 0 Å². The van der Waals surface area contributed by atoms with E-state index >= 15 is 0 Å². The van der Waals surface area contributed by atoms with Gasteiger partial charge in [0.15, 0.2) is 0 Å². The molecule has 1 N–H and O–H groups in total. The van der Waals surface area contributed by atoms with Gasteiger partial charge in [0.05, 0.1) is 11.0 Å². The van der Waals surface area contributed by atoms with Crippen LogP contribution in [0.25, 0.3) is 11.0 Å². The molecule has 0 radical (unpaired) electrons. The second kappa shape index (κ2) is 9.91. The smallest absolute Gasteiger partial charge is 0.243 e. The van der Waals surface area contributed by atoms with Gasteiger partial charge in [-0.3, -0.25) is 4.79 Å². The molecule has 0 aliphatic carbocycles. The fraction of sp³-hybridized carbons (Fsp3) is 0.500. The zero-order valence-electron chi connectivity index (χ0n) is 14.8. The molecule has 4 nitrogen and oxygen atoms in total. The minimum Gasteiger partial charge on any atom is -0.353 e. The lowest BCUT2D eigenvalue weighted by molar-refractivity contribution is -0.116. The van der Waals surface area contributed by atoms with Crippen LogP contribution in [-0.4, -0.2) is 22.0 Å². The summed E-state index contributed by atoms with van der Waals surface area (Å²) >= 11 is 0. The van der Waals surface area contributed by atoms with E-state index in [9.17, 15) is 4.79 Å². The standard InChI is InChI=1S/C20H29N3O/c1-3-5-11-16-23-18-13-9-8-12-17(18)22-19(23)14-7-6-10-15-21-20(24)4-2/h4,8-9,12-13H,2-3,5-7,10-11,14-16H2,1H3,(H,21,24). The highest BCUT2D eigenvalue weighted by Gasteiger charge is 2.09. The number of imidazole rings is 1. The first-order chi connectivity index (χ1) is 11.8. The maximum Gasteiger partial charge on any atom is 0.243 e. The fourth-order valence-corrected chi connectivity index (χ4v) is 2.95. The monoisotopic (exact) mass is 327 g/mol. The molecule has 0 fully saturated rings. The van der Waals surface area contributed by atoms with Gasteiger partial charge < -0.3 is 9.88 Å². The highest BCUT2D eigenvalue weighted by atomic mass is 16.1. The van der Waals surface area contributed by atoms with Gasteiger partial charge in [-0.05, 0) is 37.5 Å². The lowest BCUT2D eigenvalue weighted by atomic mass is 10.2. The van der Waals surface area contributed by atoms with Crippen molar-refractivity contribution in [1.82, 2.24) is 14.9 Å². The molecule has 0 saturated heterocycles. The molecule has 130 valence electrons. The molecule has 4 heteroatoms. The normalized spacial score (nSPS) is 10.9. The van der Waals surface area contributed by atoms with E-state index in [4.69, 9.17) is 4.98 Å². The summed E-state index contributed by atoms with van der Waals surface area (Å²) in [6.45, 7) is 7.46. The number of fused-ring (bicyclic) bond motifs is 1. The van der Waals surface area contributed by atoms with Crippen molar-refractivity contribution in [3.63, 3.8) is 0 Å². The Kier molecular flexibility index (Phi) is 7.53. The number of benzene rings is 1. The highest BCUT2D eigenvalue weighted by molar-refractivity contribution is 5.86. The van der Waals surface area contributed by atoms with Crippen molar-refractivity contribution in [3.05, 3.63) is 42.7 Å². The van der Waals surface area contributed by atoms with E-state index in [-0.39, 0.29) is 5.91 Å². The molecule has 0 unspecified atom stereocenters. The molecule has 0 atom stereocenters. The Morgan fingerprint density at radius 1 is 1.21 bits per heavy atom. The molecule has 24 heavy (non-hydrogen) atoms. The van der Waals surface area contributed by atoms with E-state index in [2.05, 4.69) is 47.7 Å². The van der Waals surface area contributed by atoms with E-state index in [1.54, 1.807) is 0 Å². The summed E-state index contributed by atoms with van der Waals surface area (Å²) in [4.78, 5) is 15.9. The molecule has 0 saturated carbocycles. The van der Waals surface area contributed by atoms with Crippen molar-refractivity contribution in [2.75, 3.05) is 6.54 Å². The molecule has 1 heterocycles. The van der Waals surface area contributed by atoms with Crippen molar-refractivity contribution in [2.45, 2.75) is 58.4 Å². The van der Waals surface area contributed by atoms with Crippen LogP contribution in [0, 0.1) is 0 Å². The first-order valence-electron chi connectivity index (χ1n) is 9.10. The van der Waals surface area contributed by atoms with Crippen LogP contribution in [0.1, 0.15) is 51.3 Å². The number of nitrogens with one attached hydrogen (secondary N) is 1. The first-order valence-corrected chi connectivity index (χ1v) is 9.10. The minimum atomic E-state index is -0.0901. The van der Waals surface area contributed by atoms with Crippen LogP contribution in [-0.2, 0) is 17.8 Å². The van der Waals surface area contributed by atoms with Crippen LogP contribution in [0.2, 0.25) is 0 Å². The summed E-state index contributed by atoms with van der Waals surface area (Å²) in [7, 11) is 0.